The van der Waals surface area contributed by atoms with Gasteiger partial charge in [-0.25, -0.2) is 0 Å². The van der Waals surface area contributed by atoms with E-state index in [1.807, 2.05) is 12.1 Å². The molecule has 0 spiro atoms. The largest absolute Gasteiger partial charge is 0.508 e. The van der Waals surface area contributed by atoms with Crippen LogP contribution in [0, 0.1) is 0 Å². The van der Waals surface area contributed by atoms with Gasteiger partial charge in [0, 0.05) is 11.7 Å². The highest BCUT2D eigenvalue weighted by atomic mass is 16.3. The lowest BCUT2D eigenvalue weighted by molar-refractivity contribution is 0.475. The molecule has 2 heteroatoms. The van der Waals surface area contributed by atoms with E-state index in [1.165, 1.54) is 11.1 Å². The fourth-order valence-corrected chi connectivity index (χ4v) is 2.29. The molecule has 0 aromatic heterocycles. The zero-order chi connectivity index (χ0) is 14.5. The van der Waals surface area contributed by atoms with Crippen LogP contribution < -0.4 is 5.32 Å². The molecule has 0 heterocycles. The summed E-state index contributed by atoms with van der Waals surface area (Å²) >= 11 is 0. The maximum Gasteiger partial charge on any atom is 0.115 e. The Bertz CT molecular complexity index is 528. The van der Waals surface area contributed by atoms with Gasteiger partial charge in [-0.1, -0.05) is 38.1 Å². The van der Waals surface area contributed by atoms with Crippen LogP contribution in [0.5, 0.6) is 5.75 Å². The summed E-state index contributed by atoms with van der Waals surface area (Å²) < 4.78 is 0. The van der Waals surface area contributed by atoms with Crippen LogP contribution in [0.1, 0.15) is 37.8 Å². The van der Waals surface area contributed by atoms with Gasteiger partial charge in [-0.3, -0.25) is 0 Å². The van der Waals surface area contributed by atoms with Crippen molar-refractivity contribution < 1.29 is 5.11 Å². The van der Waals surface area contributed by atoms with Gasteiger partial charge in [0.15, 0.2) is 0 Å². The van der Waals surface area contributed by atoms with Crippen LogP contribution in [0.25, 0.3) is 0 Å². The number of rotatable bonds is 5. The fourth-order valence-electron chi connectivity index (χ4n) is 2.29. The standard InChI is InChI=1S/C18H23NO/c1-13(2)16-6-8-17(9-7-16)19-14(3)12-15-4-10-18(20)11-5-15/h4-11,13-14,19-20H,12H2,1-3H3. The van der Waals surface area contributed by atoms with Crippen LogP contribution in [0.2, 0.25) is 0 Å². The molecule has 0 aliphatic rings. The van der Waals surface area contributed by atoms with E-state index in [4.69, 9.17) is 0 Å². The van der Waals surface area contributed by atoms with Gasteiger partial charge in [-0.2, -0.15) is 0 Å². The van der Waals surface area contributed by atoms with E-state index in [0.717, 1.165) is 12.1 Å². The van der Waals surface area contributed by atoms with Crippen molar-refractivity contribution in [2.75, 3.05) is 5.32 Å². The van der Waals surface area contributed by atoms with Gasteiger partial charge in [-0.05, 0) is 54.7 Å². The molecule has 2 nitrogen and oxygen atoms in total. The Hall–Kier alpha value is -1.96. The topological polar surface area (TPSA) is 32.3 Å². The molecular weight excluding hydrogens is 246 g/mol. The maximum absolute atomic E-state index is 9.28. The van der Waals surface area contributed by atoms with E-state index in [1.54, 1.807) is 12.1 Å². The van der Waals surface area contributed by atoms with Gasteiger partial charge >= 0.3 is 0 Å². The molecule has 0 saturated heterocycles. The van der Waals surface area contributed by atoms with E-state index < -0.39 is 0 Å². The number of hydrogen-bond acceptors (Lipinski definition) is 2. The zero-order valence-electron chi connectivity index (χ0n) is 12.4. The van der Waals surface area contributed by atoms with E-state index in [-0.39, 0.29) is 0 Å². The summed E-state index contributed by atoms with van der Waals surface area (Å²) in [6.07, 6.45) is 0.937. The summed E-state index contributed by atoms with van der Waals surface area (Å²) in [5, 5.41) is 12.8. The minimum Gasteiger partial charge on any atom is -0.508 e. The second-order valence-electron chi connectivity index (χ2n) is 5.69. The first-order chi connectivity index (χ1) is 9.54. The fraction of sp³-hybridized carbons (Fsp3) is 0.333. The first-order valence-corrected chi connectivity index (χ1v) is 7.19. The van der Waals surface area contributed by atoms with Crippen LogP contribution in [0.15, 0.2) is 48.5 Å². The summed E-state index contributed by atoms with van der Waals surface area (Å²) in [4.78, 5) is 0. The molecule has 1 unspecified atom stereocenters. The predicted octanol–water partition coefficient (Wildman–Crippen LogP) is 4.56. The van der Waals surface area contributed by atoms with Crippen molar-refractivity contribution in [1.82, 2.24) is 0 Å². The Morgan fingerprint density at radius 3 is 2.05 bits per heavy atom. The first kappa shape index (κ1) is 14.4. The third-order valence-electron chi connectivity index (χ3n) is 3.47. The van der Waals surface area contributed by atoms with Crippen molar-refractivity contribution in [2.45, 2.75) is 39.2 Å². The van der Waals surface area contributed by atoms with E-state index >= 15 is 0 Å². The van der Waals surface area contributed by atoms with Crippen molar-refractivity contribution in [3.8, 4) is 5.75 Å². The molecule has 2 aromatic rings. The number of nitrogens with one attached hydrogen (secondary N) is 1. The van der Waals surface area contributed by atoms with Crippen LogP contribution in [-0.4, -0.2) is 11.1 Å². The molecule has 106 valence electrons. The average molecular weight is 269 g/mol. The van der Waals surface area contributed by atoms with Gasteiger partial charge < -0.3 is 10.4 Å². The molecule has 2 rings (SSSR count). The lowest BCUT2D eigenvalue weighted by Crippen LogP contribution is -2.17. The molecular formula is C18H23NO. The molecule has 0 amide bonds. The molecule has 0 aliphatic heterocycles. The summed E-state index contributed by atoms with van der Waals surface area (Å²) in [6, 6.07) is 16.4. The minimum atomic E-state index is 0.318. The van der Waals surface area contributed by atoms with Gasteiger partial charge in [-0.15, -0.1) is 0 Å². The Balaban J connectivity index is 1.93. The lowest BCUT2D eigenvalue weighted by atomic mass is 10.0. The molecule has 20 heavy (non-hydrogen) atoms. The monoisotopic (exact) mass is 269 g/mol. The summed E-state index contributed by atoms with van der Waals surface area (Å²) in [5.41, 5.74) is 3.74. The quantitative estimate of drug-likeness (QED) is 0.834. The normalized spacial score (nSPS) is 12.4. The van der Waals surface area contributed by atoms with Gasteiger partial charge in [0.05, 0.1) is 0 Å². The minimum absolute atomic E-state index is 0.318. The number of benzene rings is 2. The smallest absolute Gasteiger partial charge is 0.115 e. The maximum atomic E-state index is 9.28. The van der Waals surface area contributed by atoms with Crippen molar-refractivity contribution in [1.29, 1.82) is 0 Å². The van der Waals surface area contributed by atoms with Crippen molar-refractivity contribution in [2.24, 2.45) is 0 Å². The van der Waals surface area contributed by atoms with Gasteiger partial charge in [0.25, 0.3) is 0 Å². The third kappa shape index (κ3) is 4.02. The highest BCUT2D eigenvalue weighted by Crippen LogP contribution is 2.18. The van der Waals surface area contributed by atoms with E-state index in [0.29, 0.717) is 17.7 Å². The molecule has 0 aliphatic carbocycles. The van der Waals surface area contributed by atoms with Gasteiger partial charge in [0.1, 0.15) is 5.75 Å². The second-order valence-corrected chi connectivity index (χ2v) is 5.69. The highest BCUT2D eigenvalue weighted by molar-refractivity contribution is 5.46. The van der Waals surface area contributed by atoms with E-state index in [9.17, 15) is 5.11 Å². The molecule has 0 bridgehead atoms. The molecule has 2 aromatic carbocycles. The molecule has 0 saturated carbocycles. The molecule has 1 atom stereocenters. The first-order valence-electron chi connectivity index (χ1n) is 7.19. The highest BCUT2D eigenvalue weighted by Gasteiger charge is 2.05. The van der Waals surface area contributed by atoms with Crippen LogP contribution in [-0.2, 0) is 6.42 Å². The Morgan fingerprint density at radius 1 is 0.900 bits per heavy atom. The summed E-state index contributed by atoms with van der Waals surface area (Å²) in [7, 11) is 0. The van der Waals surface area contributed by atoms with Crippen molar-refractivity contribution in [3.05, 3.63) is 59.7 Å². The van der Waals surface area contributed by atoms with Crippen molar-refractivity contribution in [3.63, 3.8) is 0 Å². The summed E-state index contributed by atoms with van der Waals surface area (Å²) in [6.45, 7) is 6.58. The second kappa shape index (κ2) is 6.47. The Morgan fingerprint density at radius 2 is 1.50 bits per heavy atom. The van der Waals surface area contributed by atoms with Crippen LogP contribution in [0.3, 0.4) is 0 Å². The Labute approximate surface area is 121 Å². The number of phenols is 1. The van der Waals surface area contributed by atoms with Crippen molar-refractivity contribution >= 4 is 5.69 Å². The Kier molecular flexibility index (Phi) is 4.67. The molecule has 2 N–H and O–H groups in total. The molecule has 0 radical (unpaired) electrons. The van der Waals surface area contributed by atoms with E-state index in [2.05, 4.69) is 50.4 Å². The molecule has 0 fully saturated rings. The zero-order valence-corrected chi connectivity index (χ0v) is 12.4. The summed E-state index contributed by atoms with van der Waals surface area (Å²) in [5.74, 6) is 0.886. The van der Waals surface area contributed by atoms with Crippen LogP contribution in [0.4, 0.5) is 5.69 Å². The van der Waals surface area contributed by atoms with Gasteiger partial charge in [0.2, 0.25) is 0 Å². The number of anilines is 1. The SMILES string of the molecule is CC(Cc1ccc(O)cc1)Nc1ccc(C(C)C)cc1. The average Bonchev–Trinajstić information content (AvgIpc) is 2.42. The number of phenolic OH excluding ortho intramolecular Hbond substituents is 1. The predicted molar refractivity (Wildman–Crippen MR) is 85.4 cm³/mol. The number of aromatic hydroxyl groups is 1. The third-order valence-corrected chi connectivity index (χ3v) is 3.47. The number of hydrogen-bond donors (Lipinski definition) is 2. The lowest BCUT2D eigenvalue weighted by Gasteiger charge is -2.16. The van der Waals surface area contributed by atoms with Crippen LogP contribution >= 0.6 is 0 Å².